The summed E-state index contributed by atoms with van der Waals surface area (Å²) in [5.41, 5.74) is 0. The third-order valence-electron chi connectivity index (χ3n) is 2.08. The van der Waals surface area contributed by atoms with Gasteiger partial charge in [0.1, 0.15) is 6.54 Å². The van der Waals surface area contributed by atoms with Crippen molar-refractivity contribution in [3.05, 3.63) is 0 Å². The Labute approximate surface area is 82.6 Å². The van der Waals surface area contributed by atoms with Crippen LogP contribution >= 0.6 is 0 Å². The lowest BCUT2D eigenvalue weighted by Crippen LogP contribution is -2.38. The zero-order chi connectivity index (χ0) is 10.7. The van der Waals surface area contributed by atoms with Crippen LogP contribution in [-0.2, 0) is 14.3 Å². The summed E-state index contributed by atoms with van der Waals surface area (Å²) in [5.74, 6) is -1.13. The number of nitrogens with zero attached hydrogens (tertiary/aromatic N) is 1. The van der Waals surface area contributed by atoms with Crippen molar-refractivity contribution < 1.29 is 19.4 Å². The lowest BCUT2D eigenvalue weighted by Gasteiger charge is -2.19. The lowest BCUT2D eigenvalue weighted by molar-refractivity contribution is -0.144. The first-order valence-corrected chi connectivity index (χ1v) is 4.64. The van der Waals surface area contributed by atoms with E-state index in [2.05, 4.69) is 0 Å². The molecule has 0 spiro atoms. The summed E-state index contributed by atoms with van der Waals surface area (Å²) in [5, 5.41) is 8.59. The number of carbonyl (C=O) groups excluding carboxylic acids is 1. The van der Waals surface area contributed by atoms with Crippen LogP contribution in [0.15, 0.2) is 0 Å². The molecule has 5 heteroatoms. The topological polar surface area (TPSA) is 66.8 Å². The molecular weight excluding hydrogens is 186 g/mol. The van der Waals surface area contributed by atoms with Gasteiger partial charge in [-0.05, 0) is 13.8 Å². The number of carboxylic acids is 1. The van der Waals surface area contributed by atoms with E-state index in [0.717, 1.165) is 0 Å². The number of rotatable bonds is 2. The minimum absolute atomic E-state index is 0.101. The van der Waals surface area contributed by atoms with E-state index in [4.69, 9.17) is 9.84 Å². The first-order chi connectivity index (χ1) is 6.49. The second kappa shape index (κ2) is 4.41. The quantitative estimate of drug-likeness (QED) is 0.688. The van der Waals surface area contributed by atoms with Gasteiger partial charge in [-0.2, -0.15) is 0 Å². The highest BCUT2D eigenvalue weighted by atomic mass is 16.5. The van der Waals surface area contributed by atoms with Gasteiger partial charge in [0.15, 0.2) is 0 Å². The number of amides is 1. The Bertz CT molecular complexity index is 241. The van der Waals surface area contributed by atoms with Crippen molar-refractivity contribution in [2.24, 2.45) is 0 Å². The second-order valence-corrected chi connectivity index (χ2v) is 3.63. The molecule has 2 unspecified atom stereocenters. The molecule has 1 aliphatic rings. The van der Waals surface area contributed by atoms with Crippen molar-refractivity contribution in [2.75, 3.05) is 13.1 Å². The van der Waals surface area contributed by atoms with Crippen LogP contribution in [0.5, 0.6) is 0 Å². The van der Waals surface area contributed by atoms with Crippen LogP contribution in [0.4, 0.5) is 0 Å². The summed E-state index contributed by atoms with van der Waals surface area (Å²) >= 11 is 0. The molecule has 14 heavy (non-hydrogen) atoms. The summed E-state index contributed by atoms with van der Waals surface area (Å²) in [7, 11) is 0. The highest BCUT2D eigenvalue weighted by molar-refractivity contribution is 5.81. The Balaban J connectivity index is 2.64. The van der Waals surface area contributed by atoms with Gasteiger partial charge in [-0.25, -0.2) is 0 Å². The maximum Gasteiger partial charge on any atom is 0.323 e. The van der Waals surface area contributed by atoms with E-state index in [1.807, 2.05) is 13.8 Å². The number of hydrogen-bond donors (Lipinski definition) is 1. The van der Waals surface area contributed by atoms with Gasteiger partial charge in [-0.3, -0.25) is 9.59 Å². The molecule has 0 aromatic rings. The highest BCUT2D eigenvalue weighted by Crippen LogP contribution is 2.12. The van der Waals surface area contributed by atoms with Crippen molar-refractivity contribution in [1.29, 1.82) is 0 Å². The summed E-state index contributed by atoms with van der Waals surface area (Å²) in [6.07, 6.45) is 0.0320. The fourth-order valence-electron chi connectivity index (χ4n) is 1.59. The number of carbonyl (C=O) groups is 2. The van der Waals surface area contributed by atoms with E-state index in [1.165, 1.54) is 4.90 Å². The van der Waals surface area contributed by atoms with E-state index < -0.39 is 5.97 Å². The molecule has 1 fully saturated rings. The predicted molar refractivity (Wildman–Crippen MR) is 48.8 cm³/mol. The minimum atomic E-state index is -0.986. The van der Waals surface area contributed by atoms with Crippen LogP contribution in [-0.4, -0.2) is 47.2 Å². The SMILES string of the molecule is CC1CC(=O)N(CC(=O)O)CC(C)O1. The molecule has 0 aromatic carbocycles. The summed E-state index contributed by atoms with van der Waals surface area (Å²) in [4.78, 5) is 23.3. The molecular formula is C9H15NO4. The average Bonchev–Trinajstić information content (AvgIpc) is 2.10. The normalized spacial score (nSPS) is 28.7. The number of aliphatic carboxylic acids is 1. The smallest absolute Gasteiger partial charge is 0.323 e. The molecule has 5 nitrogen and oxygen atoms in total. The molecule has 80 valence electrons. The highest BCUT2D eigenvalue weighted by Gasteiger charge is 2.26. The Morgan fingerprint density at radius 1 is 1.57 bits per heavy atom. The maximum atomic E-state index is 11.5. The summed E-state index contributed by atoms with van der Waals surface area (Å²) < 4.78 is 5.44. The largest absolute Gasteiger partial charge is 0.480 e. The Morgan fingerprint density at radius 2 is 2.21 bits per heavy atom. The Morgan fingerprint density at radius 3 is 2.79 bits per heavy atom. The zero-order valence-electron chi connectivity index (χ0n) is 8.40. The maximum absolute atomic E-state index is 11.5. The van der Waals surface area contributed by atoms with Crippen molar-refractivity contribution in [2.45, 2.75) is 32.5 Å². The van der Waals surface area contributed by atoms with Crippen LogP contribution < -0.4 is 0 Å². The van der Waals surface area contributed by atoms with Gasteiger partial charge in [-0.15, -0.1) is 0 Å². The summed E-state index contributed by atoms with van der Waals surface area (Å²) in [6, 6.07) is 0. The molecule has 0 aliphatic carbocycles. The molecule has 0 aromatic heterocycles. The van der Waals surface area contributed by atoms with E-state index in [1.54, 1.807) is 0 Å². The molecule has 1 heterocycles. The number of carboxylic acid groups (broad SMARTS) is 1. The van der Waals surface area contributed by atoms with Crippen LogP contribution in [0, 0.1) is 0 Å². The fourth-order valence-corrected chi connectivity index (χ4v) is 1.59. The Hall–Kier alpha value is -1.10. The van der Waals surface area contributed by atoms with E-state index in [9.17, 15) is 9.59 Å². The van der Waals surface area contributed by atoms with Crippen molar-refractivity contribution in [3.8, 4) is 0 Å². The van der Waals surface area contributed by atoms with Gasteiger partial charge < -0.3 is 14.7 Å². The lowest BCUT2D eigenvalue weighted by atomic mass is 10.2. The molecule has 1 amide bonds. The van der Waals surface area contributed by atoms with E-state index in [0.29, 0.717) is 6.54 Å². The molecule has 0 bridgehead atoms. The van der Waals surface area contributed by atoms with E-state index in [-0.39, 0.29) is 31.1 Å². The van der Waals surface area contributed by atoms with Gasteiger partial charge >= 0.3 is 5.97 Å². The molecule has 1 rings (SSSR count). The van der Waals surface area contributed by atoms with Crippen molar-refractivity contribution in [3.63, 3.8) is 0 Å². The van der Waals surface area contributed by atoms with Crippen molar-refractivity contribution >= 4 is 11.9 Å². The van der Waals surface area contributed by atoms with Crippen LogP contribution in [0.1, 0.15) is 20.3 Å². The standard InChI is InChI=1S/C9H15NO4/c1-6-3-8(11)10(5-9(12)13)4-7(2)14-6/h6-7H,3-5H2,1-2H3,(H,12,13). The van der Waals surface area contributed by atoms with Gasteiger partial charge in [0.2, 0.25) is 5.91 Å². The van der Waals surface area contributed by atoms with Crippen LogP contribution in [0.3, 0.4) is 0 Å². The van der Waals surface area contributed by atoms with Gasteiger partial charge in [0.05, 0.1) is 18.6 Å². The van der Waals surface area contributed by atoms with E-state index >= 15 is 0 Å². The van der Waals surface area contributed by atoms with Gasteiger partial charge in [0.25, 0.3) is 0 Å². The minimum Gasteiger partial charge on any atom is -0.480 e. The molecule has 1 saturated heterocycles. The second-order valence-electron chi connectivity index (χ2n) is 3.63. The van der Waals surface area contributed by atoms with Crippen LogP contribution in [0.25, 0.3) is 0 Å². The predicted octanol–water partition coefficient (Wildman–Crippen LogP) is 0.0969. The molecule has 1 N–H and O–H groups in total. The van der Waals surface area contributed by atoms with Gasteiger partial charge in [0, 0.05) is 6.54 Å². The van der Waals surface area contributed by atoms with Gasteiger partial charge in [-0.1, -0.05) is 0 Å². The molecule has 0 saturated carbocycles. The first-order valence-electron chi connectivity index (χ1n) is 4.64. The monoisotopic (exact) mass is 201 g/mol. The van der Waals surface area contributed by atoms with Crippen LogP contribution in [0.2, 0.25) is 0 Å². The first kappa shape index (κ1) is 11.0. The molecule has 0 radical (unpaired) electrons. The number of ether oxygens (including phenoxy) is 1. The molecule has 2 atom stereocenters. The summed E-state index contributed by atoms with van der Waals surface area (Å²) in [6.45, 7) is 3.78. The number of hydrogen-bond acceptors (Lipinski definition) is 3. The average molecular weight is 201 g/mol. The fraction of sp³-hybridized carbons (Fsp3) is 0.778. The zero-order valence-corrected chi connectivity index (χ0v) is 8.40. The Kier molecular flexibility index (Phi) is 3.46. The third-order valence-corrected chi connectivity index (χ3v) is 2.08. The van der Waals surface area contributed by atoms with Crippen molar-refractivity contribution in [1.82, 2.24) is 4.90 Å². The third kappa shape index (κ3) is 2.99. The molecule has 1 aliphatic heterocycles.